The van der Waals surface area contributed by atoms with Gasteiger partial charge in [-0.3, -0.25) is 4.68 Å². The van der Waals surface area contributed by atoms with Gasteiger partial charge in [-0.15, -0.1) is 0 Å². The molecule has 2 aromatic rings. The second kappa shape index (κ2) is 6.43. The molecule has 1 heterocycles. The lowest BCUT2D eigenvalue weighted by molar-refractivity contribution is 0.527. The van der Waals surface area contributed by atoms with Crippen LogP contribution in [-0.4, -0.2) is 28.4 Å². The third-order valence-corrected chi connectivity index (χ3v) is 3.22. The Bertz CT molecular complexity index is 524. The van der Waals surface area contributed by atoms with Crippen LogP contribution in [0.15, 0.2) is 30.6 Å². The molecule has 1 aromatic carbocycles. The Morgan fingerprint density at radius 1 is 1.37 bits per heavy atom. The summed E-state index contributed by atoms with van der Waals surface area (Å²) in [7, 11) is 1.87. The minimum Gasteiger partial charge on any atom is -0.319 e. The van der Waals surface area contributed by atoms with Crippen molar-refractivity contribution < 1.29 is 4.39 Å². The average Bonchev–Trinajstić information content (AvgIpc) is 2.86. The van der Waals surface area contributed by atoms with Gasteiger partial charge in [0.25, 0.3) is 0 Å². The van der Waals surface area contributed by atoms with E-state index in [9.17, 15) is 4.39 Å². The Morgan fingerprint density at radius 3 is 2.84 bits per heavy atom. The monoisotopic (exact) mass is 262 g/mol. The van der Waals surface area contributed by atoms with Crippen LogP contribution in [-0.2, 0) is 13.0 Å². The summed E-state index contributed by atoms with van der Waals surface area (Å²) in [5, 5.41) is 7.27. The summed E-state index contributed by atoms with van der Waals surface area (Å²) in [6.07, 6.45) is 2.23. The molecule has 5 heteroatoms. The molecule has 0 bridgehead atoms. The topological polar surface area (TPSA) is 42.7 Å². The van der Waals surface area contributed by atoms with E-state index in [2.05, 4.69) is 15.4 Å². The van der Waals surface area contributed by atoms with E-state index in [1.807, 2.05) is 30.8 Å². The fourth-order valence-corrected chi connectivity index (χ4v) is 2.28. The predicted octanol–water partition coefficient (Wildman–Crippen LogP) is 1.98. The molecule has 0 aliphatic carbocycles. The molecule has 0 amide bonds. The Hall–Kier alpha value is -1.75. The van der Waals surface area contributed by atoms with Crippen LogP contribution in [0.1, 0.15) is 24.2 Å². The molecule has 102 valence electrons. The molecule has 19 heavy (non-hydrogen) atoms. The van der Waals surface area contributed by atoms with Gasteiger partial charge in [0, 0.05) is 25.4 Å². The molecule has 4 nitrogen and oxygen atoms in total. The number of hydrogen-bond acceptors (Lipinski definition) is 3. The summed E-state index contributed by atoms with van der Waals surface area (Å²) in [4.78, 5) is 4.27. The molecule has 0 fully saturated rings. The van der Waals surface area contributed by atoms with E-state index in [-0.39, 0.29) is 11.7 Å². The number of likely N-dealkylation sites (N-methyl/N-ethyl adjacent to an activating group) is 1. The van der Waals surface area contributed by atoms with Crippen LogP contribution in [0.5, 0.6) is 0 Å². The third-order valence-electron chi connectivity index (χ3n) is 3.22. The highest BCUT2D eigenvalue weighted by Crippen LogP contribution is 2.22. The molecule has 0 aliphatic rings. The van der Waals surface area contributed by atoms with Gasteiger partial charge in [0.05, 0.1) is 0 Å². The van der Waals surface area contributed by atoms with E-state index in [4.69, 9.17) is 0 Å². The van der Waals surface area contributed by atoms with Gasteiger partial charge in [-0.1, -0.05) is 18.2 Å². The summed E-state index contributed by atoms with van der Waals surface area (Å²) < 4.78 is 15.8. The molecule has 0 radical (unpaired) electrons. The third kappa shape index (κ3) is 3.17. The van der Waals surface area contributed by atoms with Crippen LogP contribution in [0.4, 0.5) is 4.39 Å². The summed E-state index contributed by atoms with van der Waals surface area (Å²) in [5.41, 5.74) is 0.725. The van der Waals surface area contributed by atoms with Crippen LogP contribution < -0.4 is 5.32 Å². The molecule has 1 unspecified atom stereocenters. The Labute approximate surface area is 112 Å². The zero-order chi connectivity index (χ0) is 13.7. The lowest BCUT2D eigenvalue weighted by Gasteiger charge is -2.17. The maximum atomic E-state index is 13.9. The van der Waals surface area contributed by atoms with Gasteiger partial charge in [-0.05, 0) is 25.6 Å². The highest BCUT2D eigenvalue weighted by molar-refractivity contribution is 5.23. The normalized spacial score (nSPS) is 12.6. The van der Waals surface area contributed by atoms with Gasteiger partial charge < -0.3 is 5.32 Å². The van der Waals surface area contributed by atoms with E-state index in [1.165, 1.54) is 6.07 Å². The zero-order valence-corrected chi connectivity index (χ0v) is 11.3. The number of benzene rings is 1. The number of nitrogens with one attached hydrogen (secondary N) is 1. The van der Waals surface area contributed by atoms with Crippen molar-refractivity contribution >= 4 is 0 Å². The van der Waals surface area contributed by atoms with Gasteiger partial charge in [0.1, 0.15) is 18.0 Å². The molecule has 1 aromatic heterocycles. The van der Waals surface area contributed by atoms with Crippen LogP contribution in [0.25, 0.3) is 0 Å². The van der Waals surface area contributed by atoms with E-state index in [0.29, 0.717) is 13.0 Å². The van der Waals surface area contributed by atoms with Crippen LogP contribution in [0.3, 0.4) is 0 Å². The Morgan fingerprint density at radius 2 is 2.16 bits per heavy atom. The first-order valence-electron chi connectivity index (χ1n) is 6.52. The molecular formula is C14H19FN4. The zero-order valence-electron chi connectivity index (χ0n) is 11.3. The minimum atomic E-state index is -0.162. The van der Waals surface area contributed by atoms with Gasteiger partial charge >= 0.3 is 0 Å². The van der Waals surface area contributed by atoms with Crippen LogP contribution in [0, 0.1) is 5.82 Å². The maximum Gasteiger partial charge on any atom is 0.138 e. The largest absolute Gasteiger partial charge is 0.319 e. The minimum absolute atomic E-state index is 0.0562. The molecule has 0 aliphatic heterocycles. The van der Waals surface area contributed by atoms with Gasteiger partial charge in [-0.2, -0.15) is 5.10 Å². The summed E-state index contributed by atoms with van der Waals surface area (Å²) >= 11 is 0. The summed E-state index contributed by atoms with van der Waals surface area (Å²) in [6, 6.07) is 6.92. The van der Waals surface area contributed by atoms with E-state index < -0.39 is 0 Å². The van der Waals surface area contributed by atoms with Crippen molar-refractivity contribution in [2.24, 2.45) is 0 Å². The van der Waals surface area contributed by atoms with Crippen molar-refractivity contribution in [3.05, 3.63) is 47.8 Å². The molecule has 0 saturated carbocycles. The fraction of sp³-hybridized carbons (Fsp3) is 0.429. The van der Waals surface area contributed by atoms with Crippen molar-refractivity contribution in [1.82, 2.24) is 20.1 Å². The number of aryl methyl sites for hydroxylation is 1. The molecule has 2 rings (SSSR count). The first kappa shape index (κ1) is 13.7. The Balaban J connectivity index is 2.24. The van der Waals surface area contributed by atoms with Crippen LogP contribution >= 0.6 is 0 Å². The SMILES string of the molecule is CCn1ncnc1CC(CNC)c1ccccc1F. The number of hydrogen-bond donors (Lipinski definition) is 1. The summed E-state index contributed by atoms with van der Waals surface area (Å²) in [5.74, 6) is 0.789. The van der Waals surface area contributed by atoms with Crippen molar-refractivity contribution in [1.29, 1.82) is 0 Å². The van der Waals surface area contributed by atoms with E-state index >= 15 is 0 Å². The van der Waals surface area contributed by atoms with Crippen molar-refractivity contribution in [2.45, 2.75) is 25.8 Å². The summed E-state index contributed by atoms with van der Waals surface area (Å²) in [6.45, 7) is 3.50. The van der Waals surface area contributed by atoms with Crippen LogP contribution in [0.2, 0.25) is 0 Å². The van der Waals surface area contributed by atoms with Crippen molar-refractivity contribution in [3.8, 4) is 0 Å². The van der Waals surface area contributed by atoms with Crippen molar-refractivity contribution in [2.75, 3.05) is 13.6 Å². The molecule has 1 atom stereocenters. The highest BCUT2D eigenvalue weighted by atomic mass is 19.1. The first-order valence-corrected chi connectivity index (χ1v) is 6.52. The predicted molar refractivity (Wildman–Crippen MR) is 72.5 cm³/mol. The molecule has 0 saturated heterocycles. The van der Waals surface area contributed by atoms with Gasteiger partial charge in [-0.25, -0.2) is 9.37 Å². The quantitative estimate of drug-likeness (QED) is 0.865. The second-order valence-corrected chi connectivity index (χ2v) is 4.47. The van der Waals surface area contributed by atoms with Gasteiger partial charge in [0.2, 0.25) is 0 Å². The average molecular weight is 262 g/mol. The number of halogens is 1. The molecule has 0 spiro atoms. The molecule has 1 N–H and O–H groups in total. The lowest BCUT2D eigenvalue weighted by atomic mass is 9.94. The first-order chi connectivity index (χ1) is 9.26. The standard InChI is InChI=1S/C14H19FN4/c1-3-19-14(17-10-18-19)8-11(9-16-2)12-6-4-5-7-13(12)15/h4-7,10-11,16H,3,8-9H2,1-2H3. The molecular weight excluding hydrogens is 243 g/mol. The Kier molecular flexibility index (Phi) is 4.63. The smallest absolute Gasteiger partial charge is 0.138 e. The highest BCUT2D eigenvalue weighted by Gasteiger charge is 2.18. The number of rotatable bonds is 6. The maximum absolute atomic E-state index is 13.9. The lowest BCUT2D eigenvalue weighted by Crippen LogP contribution is -2.21. The second-order valence-electron chi connectivity index (χ2n) is 4.47. The van der Waals surface area contributed by atoms with Crippen molar-refractivity contribution in [3.63, 3.8) is 0 Å². The number of nitrogens with zero attached hydrogens (tertiary/aromatic N) is 3. The van der Waals surface area contributed by atoms with E-state index in [1.54, 1.807) is 12.4 Å². The van der Waals surface area contributed by atoms with E-state index in [0.717, 1.165) is 17.9 Å². The van der Waals surface area contributed by atoms with Gasteiger partial charge in [0.15, 0.2) is 0 Å². The number of aromatic nitrogens is 3. The fourth-order valence-electron chi connectivity index (χ4n) is 2.28.